The predicted molar refractivity (Wildman–Crippen MR) is 77.9 cm³/mol. The molecule has 0 spiro atoms. The van der Waals surface area contributed by atoms with Crippen LogP contribution in [-0.2, 0) is 4.57 Å². The fraction of sp³-hybridized carbons (Fsp3) is 0. The molecule has 0 aliphatic carbocycles. The van der Waals surface area contributed by atoms with Crippen LogP contribution < -0.4 is 4.52 Å². The molecule has 9 nitrogen and oxygen atoms in total. The van der Waals surface area contributed by atoms with Crippen LogP contribution in [0.4, 0.5) is 0 Å². The number of phosphoric acid groups is 1. The number of tetrazole rings is 1. The molecule has 0 fully saturated rings. The van der Waals surface area contributed by atoms with E-state index in [9.17, 15) is 4.57 Å². The molecule has 2 aromatic heterocycles. The summed E-state index contributed by atoms with van der Waals surface area (Å²) in [6.45, 7) is 0. The van der Waals surface area contributed by atoms with Gasteiger partial charge in [-0.15, -0.1) is 10.2 Å². The van der Waals surface area contributed by atoms with Gasteiger partial charge in [-0.25, -0.2) is 4.57 Å². The Bertz CT molecular complexity index is 757. The topological polar surface area (TPSA) is 137 Å². The highest BCUT2D eigenvalue weighted by Gasteiger charge is 2.21. The second kappa shape index (κ2) is 6.54. The van der Waals surface area contributed by atoms with E-state index in [0.717, 1.165) is 0 Å². The minimum atomic E-state index is -4.62. The van der Waals surface area contributed by atoms with Crippen molar-refractivity contribution in [2.75, 3.05) is 0 Å². The van der Waals surface area contributed by atoms with Crippen molar-refractivity contribution in [1.82, 2.24) is 25.6 Å². The number of phosphoric ester groups is 1. The summed E-state index contributed by atoms with van der Waals surface area (Å²) in [6.07, 6.45) is 1.33. The first-order valence-corrected chi connectivity index (χ1v) is 7.96. The third kappa shape index (κ3) is 4.26. The maximum atomic E-state index is 10.7. The molecule has 0 saturated carbocycles. The maximum absolute atomic E-state index is 10.7. The Balaban J connectivity index is 0.000000272. The third-order valence-corrected chi connectivity index (χ3v) is 3.60. The van der Waals surface area contributed by atoms with Gasteiger partial charge in [-0.2, -0.15) is 5.21 Å². The van der Waals surface area contributed by atoms with Crippen molar-refractivity contribution in [2.24, 2.45) is 0 Å². The summed E-state index contributed by atoms with van der Waals surface area (Å²) in [4.78, 5) is 20.1. The Morgan fingerprint density at radius 2 is 2.14 bits per heavy atom. The van der Waals surface area contributed by atoms with Gasteiger partial charge in [0.25, 0.3) is 0 Å². The van der Waals surface area contributed by atoms with Gasteiger partial charge in [0.1, 0.15) is 5.02 Å². The van der Waals surface area contributed by atoms with Gasteiger partial charge in [0, 0.05) is 9.86 Å². The molecule has 3 aromatic rings. The van der Waals surface area contributed by atoms with Crippen LogP contribution in [0.15, 0.2) is 29.0 Å². The molecule has 0 saturated heterocycles. The van der Waals surface area contributed by atoms with Crippen LogP contribution in [-0.4, -0.2) is 35.4 Å². The van der Waals surface area contributed by atoms with Gasteiger partial charge in [0.2, 0.25) is 5.88 Å². The Morgan fingerprint density at radius 3 is 2.62 bits per heavy atom. The molecule has 112 valence electrons. The number of aromatic amines is 2. The number of nitrogens with one attached hydrogen (secondary N) is 2. The van der Waals surface area contributed by atoms with Crippen LogP contribution in [0.3, 0.4) is 0 Å². The molecule has 12 heteroatoms. The lowest BCUT2D eigenvalue weighted by Crippen LogP contribution is -1.90. The third-order valence-electron chi connectivity index (χ3n) is 2.16. The largest absolute Gasteiger partial charge is 0.526 e. The van der Waals surface area contributed by atoms with E-state index in [2.05, 4.69) is 46.1 Å². The van der Waals surface area contributed by atoms with Crippen molar-refractivity contribution in [3.05, 3.63) is 34.0 Å². The summed E-state index contributed by atoms with van der Waals surface area (Å²) in [5.41, 5.74) is 0.628. The lowest BCUT2D eigenvalue weighted by atomic mass is 10.2. The highest BCUT2D eigenvalue weighted by Crippen LogP contribution is 2.44. The van der Waals surface area contributed by atoms with Gasteiger partial charge >= 0.3 is 7.82 Å². The van der Waals surface area contributed by atoms with Gasteiger partial charge in [-0.05, 0) is 12.1 Å². The predicted octanol–water partition coefficient (Wildman–Crippen LogP) is 2.25. The summed E-state index contributed by atoms with van der Waals surface area (Å²) in [5.74, 6) is -0.142. The van der Waals surface area contributed by atoms with Gasteiger partial charge in [0.15, 0.2) is 6.33 Å². The minimum Gasteiger partial charge on any atom is -0.386 e. The number of benzene rings is 1. The summed E-state index contributed by atoms with van der Waals surface area (Å²) in [6, 6.07) is 5.25. The standard InChI is InChI=1S/C8H6BrClNO4P.CH2N4/c9-4-2-1-3-5-6(4)7(10)8(11-5)15-16(12,13)14;1-2-4-5-3-1/h1-3,11H,(H2,12,13,14);1H,(H,2,3,4,5). The molecule has 0 aliphatic heterocycles. The first-order chi connectivity index (χ1) is 9.88. The van der Waals surface area contributed by atoms with E-state index >= 15 is 0 Å². The highest BCUT2D eigenvalue weighted by atomic mass is 79.9. The first kappa shape index (κ1) is 15.9. The normalized spacial score (nSPS) is 11.0. The maximum Gasteiger partial charge on any atom is 0.526 e. The van der Waals surface area contributed by atoms with Crippen LogP contribution in [0.1, 0.15) is 0 Å². The van der Waals surface area contributed by atoms with Crippen molar-refractivity contribution >= 4 is 46.3 Å². The Hall–Kier alpha value is -1.45. The van der Waals surface area contributed by atoms with Gasteiger partial charge in [-0.1, -0.05) is 38.8 Å². The summed E-state index contributed by atoms with van der Waals surface area (Å²) in [7, 11) is -4.62. The number of fused-ring (bicyclic) bond motifs is 1. The first-order valence-electron chi connectivity index (χ1n) is 5.25. The van der Waals surface area contributed by atoms with Crippen LogP contribution in [0.25, 0.3) is 10.9 Å². The molecule has 0 radical (unpaired) electrons. The Morgan fingerprint density at radius 1 is 1.38 bits per heavy atom. The fourth-order valence-corrected chi connectivity index (χ4v) is 2.85. The van der Waals surface area contributed by atoms with E-state index in [-0.39, 0.29) is 10.9 Å². The average molecular weight is 397 g/mol. The van der Waals surface area contributed by atoms with Crippen molar-refractivity contribution < 1.29 is 18.9 Å². The molecule has 0 unspecified atom stereocenters. The van der Waals surface area contributed by atoms with Crippen LogP contribution in [0.5, 0.6) is 5.88 Å². The van der Waals surface area contributed by atoms with Crippen molar-refractivity contribution in [3.63, 3.8) is 0 Å². The van der Waals surface area contributed by atoms with E-state index in [1.54, 1.807) is 18.2 Å². The number of rotatable bonds is 2. The monoisotopic (exact) mass is 395 g/mol. The Kier molecular flexibility index (Phi) is 4.96. The zero-order chi connectivity index (χ0) is 15.5. The number of hydrogen-bond donors (Lipinski definition) is 4. The highest BCUT2D eigenvalue weighted by molar-refractivity contribution is 9.10. The SMILES string of the molecule is O=P(O)(O)Oc1[nH]c2cccc(Br)c2c1Cl.c1nn[nH]n1. The van der Waals surface area contributed by atoms with E-state index in [1.165, 1.54) is 6.33 Å². The van der Waals surface area contributed by atoms with Gasteiger partial charge < -0.3 is 9.51 Å². The molecule has 0 bridgehead atoms. The molecule has 2 heterocycles. The lowest BCUT2D eigenvalue weighted by molar-refractivity contribution is 0.280. The van der Waals surface area contributed by atoms with Crippen LogP contribution in [0.2, 0.25) is 5.02 Å². The van der Waals surface area contributed by atoms with E-state index in [4.69, 9.17) is 21.4 Å². The summed E-state index contributed by atoms with van der Waals surface area (Å²) < 4.78 is 15.8. The second-order valence-electron chi connectivity index (χ2n) is 3.57. The van der Waals surface area contributed by atoms with Crippen molar-refractivity contribution in [2.45, 2.75) is 0 Å². The van der Waals surface area contributed by atoms with Crippen molar-refractivity contribution in [1.29, 1.82) is 0 Å². The smallest absolute Gasteiger partial charge is 0.386 e. The zero-order valence-corrected chi connectivity index (χ0v) is 13.3. The molecular weight excluding hydrogens is 388 g/mol. The zero-order valence-electron chi connectivity index (χ0n) is 10.1. The molecule has 4 N–H and O–H groups in total. The minimum absolute atomic E-state index is 0.130. The van der Waals surface area contributed by atoms with E-state index in [0.29, 0.717) is 15.4 Å². The molecule has 1 aromatic carbocycles. The summed E-state index contributed by atoms with van der Waals surface area (Å²) in [5, 5.41) is 12.9. The van der Waals surface area contributed by atoms with Crippen LogP contribution in [0, 0.1) is 0 Å². The second-order valence-corrected chi connectivity index (χ2v) is 5.97. The quantitative estimate of drug-likeness (QED) is 0.488. The molecule has 0 aliphatic rings. The van der Waals surface area contributed by atoms with E-state index in [1.807, 2.05) is 0 Å². The van der Waals surface area contributed by atoms with Gasteiger partial charge in [-0.3, -0.25) is 9.79 Å². The number of nitrogens with zero attached hydrogens (tertiary/aromatic N) is 3. The molecular formula is C9H8BrClN5O4P. The molecule has 21 heavy (non-hydrogen) atoms. The van der Waals surface area contributed by atoms with Gasteiger partial charge in [0.05, 0.1) is 5.52 Å². The van der Waals surface area contributed by atoms with Crippen molar-refractivity contribution in [3.8, 4) is 5.88 Å². The number of halogens is 2. The van der Waals surface area contributed by atoms with E-state index < -0.39 is 7.82 Å². The lowest BCUT2D eigenvalue weighted by Gasteiger charge is -2.03. The molecule has 0 amide bonds. The fourth-order valence-electron chi connectivity index (χ4n) is 1.45. The summed E-state index contributed by atoms with van der Waals surface area (Å²) >= 11 is 9.23. The number of H-pyrrole nitrogens is 2. The molecule has 3 rings (SSSR count). The van der Waals surface area contributed by atoms with Crippen LogP contribution >= 0.6 is 35.4 Å². The Labute approximate surface area is 131 Å². The number of aromatic nitrogens is 5. The molecule has 0 atom stereocenters. The average Bonchev–Trinajstić information content (AvgIpc) is 3.02. The number of hydrogen-bond acceptors (Lipinski definition) is 5.